The molecule has 1 fully saturated rings. The highest BCUT2D eigenvalue weighted by molar-refractivity contribution is 14.1. The number of hydrogen-bond acceptors (Lipinski definition) is 5. The number of likely N-dealkylation sites (N-methyl/N-ethyl adjacent to an activating group) is 1. The Kier molecular flexibility index (Phi) is 5.31. The molecule has 1 saturated heterocycles. The molecule has 0 aromatic heterocycles. The van der Waals surface area contributed by atoms with Gasteiger partial charge in [-0.15, -0.1) is 0 Å². The number of carbonyl (C=O) groups is 1. The Bertz CT molecular complexity index is 927. The zero-order valence-electron chi connectivity index (χ0n) is 13.9. The highest BCUT2D eigenvalue weighted by Crippen LogP contribution is 2.51. The monoisotopic (exact) mass is 510 g/mol. The summed E-state index contributed by atoms with van der Waals surface area (Å²) in [5.41, 5.74) is 2.36. The van der Waals surface area contributed by atoms with Gasteiger partial charge in [0.25, 0.3) is 5.91 Å². The first kappa shape index (κ1) is 18.3. The standard InChI is InChI=1S/C19H15IN2OS3/c1-2-21-17(23)16(26-19(21)24)18-22(11-12-7-9-13(20)10-8-12)14-5-3-4-6-15(14)25-18/h3-10H,2,11H2,1H3/b18-16-. The topological polar surface area (TPSA) is 23.6 Å². The summed E-state index contributed by atoms with van der Waals surface area (Å²) in [4.78, 5) is 18.7. The summed E-state index contributed by atoms with van der Waals surface area (Å²) in [6.45, 7) is 3.29. The SMILES string of the molecule is CCN1C(=O)/C(=C2/Sc3ccccc3N2Cc2ccc(I)cc2)SC1=S. The lowest BCUT2D eigenvalue weighted by Crippen LogP contribution is -2.28. The molecule has 132 valence electrons. The van der Waals surface area contributed by atoms with E-state index in [1.54, 1.807) is 16.7 Å². The van der Waals surface area contributed by atoms with Crippen LogP contribution in [-0.4, -0.2) is 21.7 Å². The number of benzene rings is 2. The highest BCUT2D eigenvalue weighted by Gasteiger charge is 2.38. The van der Waals surface area contributed by atoms with Crippen LogP contribution in [0.2, 0.25) is 0 Å². The van der Waals surface area contributed by atoms with E-state index in [1.807, 2.05) is 19.1 Å². The molecule has 2 aliphatic heterocycles. The largest absolute Gasteiger partial charge is 0.329 e. The van der Waals surface area contributed by atoms with Crippen molar-refractivity contribution < 1.29 is 4.79 Å². The predicted octanol–water partition coefficient (Wildman–Crippen LogP) is 5.45. The molecule has 0 aliphatic carbocycles. The van der Waals surface area contributed by atoms with Crippen LogP contribution in [0.1, 0.15) is 12.5 Å². The van der Waals surface area contributed by atoms with E-state index >= 15 is 0 Å². The lowest BCUT2D eigenvalue weighted by Gasteiger charge is -2.21. The molecule has 0 atom stereocenters. The summed E-state index contributed by atoms with van der Waals surface area (Å²) in [6, 6.07) is 16.8. The van der Waals surface area contributed by atoms with Crippen LogP contribution in [0.4, 0.5) is 5.69 Å². The van der Waals surface area contributed by atoms with Crippen molar-refractivity contribution in [3.8, 4) is 0 Å². The zero-order chi connectivity index (χ0) is 18.3. The van der Waals surface area contributed by atoms with E-state index in [4.69, 9.17) is 12.2 Å². The Morgan fingerprint density at radius 1 is 1.04 bits per heavy atom. The average Bonchev–Trinajstić information content (AvgIpc) is 3.14. The maximum absolute atomic E-state index is 12.8. The van der Waals surface area contributed by atoms with Gasteiger partial charge in [0.2, 0.25) is 0 Å². The van der Waals surface area contributed by atoms with Crippen LogP contribution in [0.5, 0.6) is 0 Å². The summed E-state index contributed by atoms with van der Waals surface area (Å²) >= 11 is 10.8. The summed E-state index contributed by atoms with van der Waals surface area (Å²) < 4.78 is 1.86. The molecule has 0 spiro atoms. The van der Waals surface area contributed by atoms with Gasteiger partial charge < -0.3 is 4.90 Å². The summed E-state index contributed by atoms with van der Waals surface area (Å²) in [7, 11) is 0. The molecular weight excluding hydrogens is 495 g/mol. The molecule has 0 radical (unpaired) electrons. The van der Waals surface area contributed by atoms with Crippen molar-refractivity contribution in [2.24, 2.45) is 0 Å². The smallest absolute Gasteiger partial charge is 0.268 e. The van der Waals surface area contributed by atoms with Crippen LogP contribution in [0.3, 0.4) is 0 Å². The minimum atomic E-state index is 0.0189. The maximum Gasteiger partial charge on any atom is 0.268 e. The first-order valence-electron chi connectivity index (χ1n) is 8.15. The summed E-state index contributed by atoms with van der Waals surface area (Å²) in [5.74, 6) is 0.0189. The fourth-order valence-electron chi connectivity index (χ4n) is 2.93. The van der Waals surface area contributed by atoms with Crippen molar-refractivity contribution in [1.29, 1.82) is 0 Å². The van der Waals surface area contributed by atoms with Crippen molar-refractivity contribution in [1.82, 2.24) is 4.90 Å². The zero-order valence-corrected chi connectivity index (χ0v) is 18.5. The fraction of sp³-hybridized carbons (Fsp3) is 0.158. The molecule has 1 amide bonds. The Balaban J connectivity index is 1.76. The van der Waals surface area contributed by atoms with Gasteiger partial charge in [0.15, 0.2) is 0 Å². The number of rotatable bonds is 3. The molecule has 2 aromatic carbocycles. The third-order valence-corrected chi connectivity index (χ3v) is 7.69. The van der Waals surface area contributed by atoms with Gasteiger partial charge in [0.05, 0.1) is 5.69 Å². The lowest BCUT2D eigenvalue weighted by molar-refractivity contribution is -0.122. The third-order valence-electron chi connectivity index (χ3n) is 4.22. The van der Waals surface area contributed by atoms with Crippen molar-refractivity contribution in [2.45, 2.75) is 18.4 Å². The number of amides is 1. The van der Waals surface area contributed by atoms with Gasteiger partial charge in [-0.25, -0.2) is 0 Å². The number of thioether (sulfide) groups is 2. The first-order chi connectivity index (χ1) is 12.6. The molecule has 0 saturated carbocycles. The molecule has 26 heavy (non-hydrogen) atoms. The Morgan fingerprint density at radius 2 is 1.77 bits per heavy atom. The van der Waals surface area contributed by atoms with Gasteiger partial charge in [0, 0.05) is 21.6 Å². The molecule has 0 unspecified atom stereocenters. The number of thiocarbonyl (C=S) groups is 1. The van der Waals surface area contributed by atoms with Crippen LogP contribution >= 0.6 is 58.3 Å². The first-order valence-corrected chi connectivity index (χ1v) is 11.3. The van der Waals surface area contributed by atoms with Crippen LogP contribution in [-0.2, 0) is 11.3 Å². The number of carbonyl (C=O) groups excluding carboxylic acids is 1. The molecule has 4 rings (SSSR count). The maximum atomic E-state index is 12.8. The van der Waals surface area contributed by atoms with Crippen LogP contribution in [0, 0.1) is 3.57 Å². The number of anilines is 1. The van der Waals surface area contributed by atoms with Gasteiger partial charge in [-0.05, 0) is 59.3 Å². The molecule has 2 aromatic rings. The average molecular weight is 510 g/mol. The molecule has 0 bridgehead atoms. The lowest BCUT2D eigenvalue weighted by atomic mass is 10.2. The summed E-state index contributed by atoms with van der Waals surface area (Å²) in [5, 5.41) is 0.984. The summed E-state index contributed by atoms with van der Waals surface area (Å²) in [6.07, 6.45) is 0. The number of halogens is 1. The normalized spacial score (nSPS) is 19.5. The van der Waals surface area contributed by atoms with Crippen molar-refractivity contribution in [3.05, 3.63) is 67.6 Å². The Labute approximate surface area is 180 Å². The molecule has 2 aliphatic rings. The minimum absolute atomic E-state index is 0.0189. The van der Waals surface area contributed by atoms with Gasteiger partial charge >= 0.3 is 0 Å². The number of hydrogen-bond donors (Lipinski definition) is 0. The van der Waals surface area contributed by atoms with E-state index in [-0.39, 0.29) is 5.91 Å². The molecule has 7 heteroatoms. The fourth-order valence-corrected chi connectivity index (χ4v) is 5.99. The molecule has 0 N–H and O–H groups in total. The van der Waals surface area contributed by atoms with Gasteiger partial charge in [-0.3, -0.25) is 9.69 Å². The van der Waals surface area contributed by atoms with Gasteiger partial charge in [0.1, 0.15) is 14.3 Å². The van der Waals surface area contributed by atoms with Crippen LogP contribution in [0.15, 0.2) is 63.4 Å². The molecule has 3 nitrogen and oxygen atoms in total. The van der Waals surface area contributed by atoms with Crippen molar-refractivity contribution in [2.75, 3.05) is 11.4 Å². The van der Waals surface area contributed by atoms with E-state index in [1.165, 1.54) is 25.8 Å². The Hall–Kier alpha value is -1.03. The van der Waals surface area contributed by atoms with E-state index < -0.39 is 0 Å². The van der Waals surface area contributed by atoms with Crippen molar-refractivity contribution >= 4 is 74.2 Å². The molecule has 2 heterocycles. The van der Waals surface area contributed by atoms with Gasteiger partial charge in [-0.2, -0.15) is 0 Å². The molecular formula is C19H15IN2OS3. The predicted molar refractivity (Wildman–Crippen MR) is 122 cm³/mol. The van der Waals surface area contributed by atoms with Crippen LogP contribution in [0.25, 0.3) is 0 Å². The van der Waals surface area contributed by atoms with Crippen LogP contribution < -0.4 is 4.90 Å². The quantitative estimate of drug-likeness (QED) is 0.311. The second-order valence-corrected chi connectivity index (χ2v) is 9.75. The number of nitrogens with zero attached hydrogens (tertiary/aromatic N) is 2. The van der Waals surface area contributed by atoms with E-state index in [0.29, 0.717) is 10.9 Å². The van der Waals surface area contributed by atoms with E-state index in [2.05, 4.69) is 63.9 Å². The Morgan fingerprint density at radius 3 is 2.46 bits per heavy atom. The van der Waals surface area contributed by atoms with E-state index in [9.17, 15) is 4.79 Å². The number of para-hydroxylation sites is 1. The minimum Gasteiger partial charge on any atom is -0.329 e. The third kappa shape index (κ3) is 3.30. The second-order valence-electron chi connectivity index (χ2n) is 5.83. The highest BCUT2D eigenvalue weighted by atomic mass is 127. The van der Waals surface area contributed by atoms with E-state index in [0.717, 1.165) is 22.2 Å². The van der Waals surface area contributed by atoms with Crippen molar-refractivity contribution in [3.63, 3.8) is 0 Å². The second kappa shape index (κ2) is 7.53. The van der Waals surface area contributed by atoms with Gasteiger partial charge in [-0.1, -0.05) is 60.0 Å². The number of fused-ring (bicyclic) bond motifs is 1.